The molecule has 4 fully saturated rings. The Balaban J connectivity index is 1.40. The van der Waals surface area contributed by atoms with Crippen LogP contribution in [0.3, 0.4) is 0 Å². The molecule has 4 aliphatic carbocycles. The van der Waals surface area contributed by atoms with E-state index in [1.807, 2.05) is 0 Å². The van der Waals surface area contributed by atoms with Crippen LogP contribution >= 0.6 is 0 Å². The Morgan fingerprint density at radius 3 is 2.35 bits per heavy atom. The number of aliphatic hydroxyl groups is 2. The molecule has 1 aromatic rings. The highest BCUT2D eigenvalue weighted by atomic mass is 16.5. The van der Waals surface area contributed by atoms with Crippen molar-refractivity contribution in [2.45, 2.75) is 70.3 Å². The van der Waals surface area contributed by atoms with Gasteiger partial charge in [-0.1, -0.05) is 5.16 Å². The average molecular weight is 320 g/mol. The van der Waals surface area contributed by atoms with Gasteiger partial charge in [-0.2, -0.15) is 4.98 Å². The summed E-state index contributed by atoms with van der Waals surface area (Å²) in [4.78, 5) is 4.47. The summed E-state index contributed by atoms with van der Waals surface area (Å²) in [6.45, 7) is 0.161. The van der Waals surface area contributed by atoms with Gasteiger partial charge in [0.1, 0.15) is 6.10 Å². The Bertz CT molecular complexity index is 507. The van der Waals surface area contributed by atoms with E-state index in [9.17, 15) is 5.11 Å². The predicted molar refractivity (Wildman–Crippen MR) is 84.5 cm³/mol. The zero-order chi connectivity index (χ0) is 15.9. The third-order valence-corrected chi connectivity index (χ3v) is 6.35. The second-order valence-electron chi connectivity index (χ2n) is 8.38. The second-order valence-corrected chi connectivity index (χ2v) is 8.38. The SMILES string of the molecule is OCCCC[C@H](O)c1nc(CC23CC4CC(CC(C4)C2)C3)no1. The van der Waals surface area contributed by atoms with Gasteiger partial charge in [0.2, 0.25) is 0 Å². The van der Waals surface area contributed by atoms with Crippen LogP contribution < -0.4 is 0 Å². The lowest BCUT2D eigenvalue weighted by molar-refractivity contribution is -0.0533. The van der Waals surface area contributed by atoms with Crippen molar-refractivity contribution in [2.24, 2.45) is 23.2 Å². The zero-order valence-electron chi connectivity index (χ0n) is 13.8. The van der Waals surface area contributed by atoms with Crippen molar-refractivity contribution in [1.29, 1.82) is 0 Å². The molecule has 4 bridgehead atoms. The number of hydrogen-bond acceptors (Lipinski definition) is 5. The monoisotopic (exact) mass is 320 g/mol. The van der Waals surface area contributed by atoms with Gasteiger partial charge < -0.3 is 14.7 Å². The van der Waals surface area contributed by atoms with Crippen LogP contribution in [0.25, 0.3) is 0 Å². The van der Waals surface area contributed by atoms with E-state index in [0.717, 1.165) is 36.4 Å². The summed E-state index contributed by atoms with van der Waals surface area (Å²) in [7, 11) is 0. The van der Waals surface area contributed by atoms with Gasteiger partial charge in [-0.25, -0.2) is 0 Å². The number of unbranched alkanes of at least 4 members (excludes halogenated alkanes) is 1. The van der Waals surface area contributed by atoms with Gasteiger partial charge in [-0.3, -0.25) is 0 Å². The molecule has 0 spiro atoms. The van der Waals surface area contributed by atoms with Gasteiger partial charge in [0.05, 0.1) is 0 Å². The summed E-state index contributed by atoms with van der Waals surface area (Å²) in [6, 6.07) is 0. The molecule has 1 atom stereocenters. The summed E-state index contributed by atoms with van der Waals surface area (Å²) in [5.74, 6) is 3.91. The van der Waals surface area contributed by atoms with Gasteiger partial charge >= 0.3 is 0 Å². The first-order chi connectivity index (χ1) is 11.2. The van der Waals surface area contributed by atoms with E-state index in [4.69, 9.17) is 9.63 Å². The van der Waals surface area contributed by atoms with Gasteiger partial charge in [0.25, 0.3) is 5.89 Å². The van der Waals surface area contributed by atoms with Crippen molar-refractivity contribution in [2.75, 3.05) is 6.61 Å². The standard InChI is InChI=1S/C18H28N2O3/c21-4-2-1-3-15(22)17-19-16(20-23-17)11-18-8-12-5-13(9-18)7-14(6-12)10-18/h12-15,21-22H,1-11H2/t12?,13?,14?,15-,18?/m0/s1. The van der Waals surface area contributed by atoms with E-state index in [1.54, 1.807) is 0 Å². The summed E-state index contributed by atoms with van der Waals surface area (Å²) in [5.41, 5.74) is 0.401. The van der Waals surface area contributed by atoms with Crippen LogP contribution in [0, 0.1) is 23.2 Å². The largest absolute Gasteiger partial charge is 0.396 e. The molecule has 1 aromatic heterocycles. The van der Waals surface area contributed by atoms with Crippen LogP contribution in [0.1, 0.15) is 75.6 Å². The van der Waals surface area contributed by atoms with E-state index >= 15 is 0 Å². The Morgan fingerprint density at radius 1 is 1.09 bits per heavy atom. The molecule has 2 N–H and O–H groups in total. The topological polar surface area (TPSA) is 79.4 Å². The molecule has 5 rings (SSSR count). The summed E-state index contributed by atoms with van der Waals surface area (Å²) in [6.07, 6.45) is 10.6. The minimum Gasteiger partial charge on any atom is -0.396 e. The van der Waals surface area contributed by atoms with Crippen LogP contribution in [0.5, 0.6) is 0 Å². The molecule has 5 nitrogen and oxygen atoms in total. The molecule has 128 valence electrons. The maximum atomic E-state index is 10.1. The van der Waals surface area contributed by atoms with Crippen LogP contribution in [0.15, 0.2) is 4.52 Å². The molecule has 0 aromatic carbocycles. The van der Waals surface area contributed by atoms with Gasteiger partial charge in [-0.05, 0) is 81.0 Å². The Kier molecular flexibility index (Phi) is 4.18. The van der Waals surface area contributed by atoms with Gasteiger partial charge in [-0.15, -0.1) is 0 Å². The highest BCUT2D eigenvalue weighted by molar-refractivity contribution is 5.05. The van der Waals surface area contributed by atoms with Crippen LogP contribution in [-0.4, -0.2) is 27.0 Å². The van der Waals surface area contributed by atoms with Crippen molar-refractivity contribution < 1.29 is 14.7 Å². The molecule has 4 aliphatic rings. The first-order valence-corrected chi connectivity index (χ1v) is 9.27. The molecule has 1 heterocycles. The summed E-state index contributed by atoms with van der Waals surface area (Å²) < 4.78 is 5.30. The zero-order valence-corrected chi connectivity index (χ0v) is 13.8. The minimum atomic E-state index is -0.695. The van der Waals surface area contributed by atoms with E-state index in [1.165, 1.54) is 38.5 Å². The normalized spacial score (nSPS) is 36.5. The molecule has 23 heavy (non-hydrogen) atoms. The Hall–Kier alpha value is -0.940. The third-order valence-electron chi connectivity index (χ3n) is 6.35. The molecular weight excluding hydrogens is 292 g/mol. The fourth-order valence-corrected chi connectivity index (χ4v) is 5.89. The molecule has 0 amide bonds. The molecular formula is C18H28N2O3. The molecule has 4 saturated carbocycles. The first-order valence-electron chi connectivity index (χ1n) is 9.27. The highest BCUT2D eigenvalue weighted by Crippen LogP contribution is 2.60. The number of aliphatic hydroxyl groups excluding tert-OH is 2. The van der Waals surface area contributed by atoms with Crippen molar-refractivity contribution in [3.8, 4) is 0 Å². The third kappa shape index (κ3) is 3.18. The molecule has 0 aliphatic heterocycles. The number of nitrogens with zero attached hydrogens (tertiary/aromatic N) is 2. The Labute approximate surface area is 137 Å². The van der Waals surface area contributed by atoms with E-state index in [0.29, 0.717) is 24.1 Å². The fourth-order valence-electron chi connectivity index (χ4n) is 5.89. The fraction of sp³-hybridized carbons (Fsp3) is 0.889. The Morgan fingerprint density at radius 2 is 1.74 bits per heavy atom. The number of rotatable bonds is 7. The van der Waals surface area contributed by atoms with Gasteiger partial charge in [0, 0.05) is 13.0 Å². The minimum absolute atomic E-state index is 0.161. The van der Waals surface area contributed by atoms with E-state index < -0.39 is 6.10 Å². The average Bonchev–Trinajstić information content (AvgIpc) is 2.93. The lowest BCUT2D eigenvalue weighted by Gasteiger charge is -2.56. The van der Waals surface area contributed by atoms with Crippen molar-refractivity contribution in [3.05, 3.63) is 11.7 Å². The maximum absolute atomic E-state index is 10.1. The maximum Gasteiger partial charge on any atom is 0.255 e. The molecule has 0 unspecified atom stereocenters. The second kappa shape index (κ2) is 6.17. The van der Waals surface area contributed by atoms with Gasteiger partial charge in [0.15, 0.2) is 5.82 Å². The van der Waals surface area contributed by atoms with E-state index in [2.05, 4.69) is 10.1 Å². The lowest BCUT2D eigenvalue weighted by atomic mass is 9.49. The quantitative estimate of drug-likeness (QED) is 0.755. The van der Waals surface area contributed by atoms with Crippen molar-refractivity contribution in [1.82, 2.24) is 10.1 Å². The number of aromatic nitrogens is 2. The predicted octanol–water partition coefficient (Wildman–Crippen LogP) is 3.02. The summed E-state index contributed by atoms with van der Waals surface area (Å²) >= 11 is 0. The van der Waals surface area contributed by atoms with Crippen LogP contribution in [0.2, 0.25) is 0 Å². The lowest BCUT2D eigenvalue weighted by Crippen LogP contribution is -2.47. The van der Waals surface area contributed by atoms with Crippen molar-refractivity contribution >= 4 is 0 Å². The van der Waals surface area contributed by atoms with Crippen molar-refractivity contribution in [3.63, 3.8) is 0 Å². The molecule has 0 radical (unpaired) electrons. The number of hydrogen-bond donors (Lipinski definition) is 2. The first kappa shape index (κ1) is 15.6. The molecule has 5 heteroatoms. The molecule has 0 saturated heterocycles. The van der Waals surface area contributed by atoms with Crippen LogP contribution in [0.4, 0.5) is 0 Å². The summed E-state index contributed by atoms with van der Waals surface area (Å²) in [5, 5.41) is 23.1. The smallest absolute Gasteiger partial charge is 0.255 e. The van der Waals surface area contributed by atoms with Crippen LogP contribution in [-0.2, 0) is 6.42 Å². The highest BCUT2D eigenvalue weighted by Gasteiger charge is 2.51. The van der Waals surface area contributed by atoms with E-state index in [-0.39, 0.29) is 6.61 Å².